The van der Waals surface area contributed by atoms with Gasteiger partial charge in [-0.3, -0.25) is 9.59 Å². The van der Waals surface area contributed by atoms with Crippen molar-refractivity contribution in [3.63, 3.8) is 0 Å². The Balaban J connectivity index is 2.22. The van der Waals surface area contributed by atoms with Gasteiger partial charge in [-0.2, -0.15) is 0 Å². The summed E-state index contributed by atoms with van der Waals surface area (Å²) in [6, 6.07) is 5.58. The maximum absolute atomic E-state index is 11.9. The number of benzene rings is 1. The second-order valence-corrected chi connectivity index (χ2v) is 4.61. The minimum absolute atomic E-state index is 0.128. The zero-order valence-electron chi connectivity index (χ0n) is 10.6. The van der Waals surface area contributed by atoms with E-state index in [0.29, 0.717) is 25.8 Å². The van der Waals surface area contributed by atoms with Gasteiger partial charge in [-0.05, 0) is 43.1 Å². The Labute approximate surface area is 107 Å². The van der Waals surface area contributed by atoms with Crippen LogP contribution >= 0.6 is 0 Å². The average molecular weight is 246 g/mol. The lowest BCUT2D eigenvalue weighted by Crippen LogP contribution is -2.31. The highest BCUT2D eigenvalue weighted by molar-refractivity contribution is 5.99. The third-order valence-corrected chi connectivity index (χ3v) is 3.35. The number of nitrogens with two attached hydrogens (primary N) is 1. The van der Waals surface area contributed by atoms with Gasteiger partial charge < -0.3 is 10.6 Å². The number of fused-ring (bicyclic) bond motifs is 1. The molecule has 1 aromatic rings. The number of carbonyl (C=O) groups excluding carboxylic acids is 2. The van der Waals surface area contributed by atoms with E-state index < -0.39 is 0 Å². The van der Waals surface area contributed by atoms with E-state index in [-0.39, 0.29) is 11.7 Å². The minimum atomic E-state index is 0.128. The number of rotatable bonds is 4. The Bertz CT molecular complexity index is 483. The van der Waals surface area contributed by atoms with E-state index in [9.17, 15) is 9.59 Å². The summed E-state index contributed by atoms with van der Waals surface area (Å²) in [5, 5.41) is 0. The van der Waals surface area contributed by atoms with Gasteiger partial charge in [0.05, 0.1) is 0 Å². The van der Waals surface area contributed by atoms with Gasteiger partial charge in [0.15, 0.2) is 5.78 Å². The van der Waals surface area contributed by atoms with Crippen molar-refractivity contribution in [2.45, 2.75) is 25.7 Å². The number of aryl methyl sites for hydroxylation is 1. The molecule has 0 radical (unpaired) electrons. The van der Waals surface area contributed by atoms with Gasteiger partial charge in [-0.25, -0.2) is 0 Å². The molecule has 18 heavy (non-hydrogen) atoms. The summed E-state index contributed by atoms with van der Waals surface area (Å²) in [4.78, 5) is 25.1. The van der Waals surface area contributed by atoms with Crippen molar-refractivity contribution in [1.29, 1.82) is 0 Å². The molecule has 0 unspecified atom stereocenters. The molecule has 0 aromatic heterocycles. The Morgan fingerprint density at radius 1 is 1.39 bits per heavy atom. The maximum Gasteiger partial charge on any atom is 0.227 e. The van der Waals surface area contributed by atoms with Crippen molar-refractivity contribution < 1.29 is 9.59 Å². The van der Waals surface area contributed by atoms with Crippen LogP contribution in [-0.4, -0.2) is 25.3 Å². The predicted octanol–water partition coefficient (Wildman–Crippen LogP) is 1.52. The van der Waals surface area contributed by atoms with Crippen molar-refractivity contribution in [3.05, 3.63) is 29.3 Å². The average Bonchev–Trinajstić information content (AvgIpc) is 2.40. The first-order valence-corrected chi connectivity index (χ1v) is 6.26. The number of amides is 1. The first-order valence-electron chi connectivity index (χ1n) is 6.26. The fourth-order valence-corrected chi connectivity index (χ4v) is 2.24. The largest absolute Gasteiger partial charge is 0.330 e. The first-order chi connectivity index (χ1) is 8.63. The van der Waals surface area contributed by atoms with Crippen molar-refractivity contribution in [2.75, 3.05) is 18.5 Å². The molecule has 0 saturated carbocycles. The third-order valence-electron chi connectivity index (χ3n) is 3.35. The van der Waals surface area contributed by atoms with Gasteiger partial charge in [-0.1, -0.05) is 0 Å². The fourth-order valence-electron chi connectivity index (χ4n) is 2.24. The highest BCUT2D eigenvalue weighted by atomic mass is 16.2. The van der Waals surface area contributed by atoms with E-state index in [2.05, 4.69) is 0 Å². The van der Waals surface area contributed by atoms with E-state index in [1.54, 1.807) is 18.0 Å². The van der Waals surface area contributed by atoms with E-state index >= 15 is 0 Å². The maximum atomic E-state index is 11.9. The summed E-state index contributed by atoms with van der Waals surface area (Å²) in [6.07, 6.45) is 2.44. The van der Waals surface area contributed by atoms with Gasteiger partial charge in [0.1, 0.15) is 0 Å². The highest BCUT2D eigenvalue weighted by Crippen LogP contribution is 2.27. The van der Waals surface area contributed by atoms with Crippen LogP contribution in [0, 0.1) is 0 Å². The van der Waals surface area contributed by atoms with E-state index in [1.165, 1.54) is 0 Å². The monoisotopic (exact) mass is 246 g/mol. The molecule has 0 aliphatic carbocycles. The lowest BCUT2D eigenvalue weighted by atomic mass is 9.96. The second kappa shape index (κ2) is 5.31. The molecule has 4 nitrogen and oxygen atoms in total. The SMILES string of the molecule is CN1C(=O)CCc2cc(C(=O)CCCN)ccc21. The molecular weight excluding hydrogens is 228 g/mol. The first kappa shape index (κ1) is 12.8. The Kier molecular flexibility index (Phi) is 3.77. The highest BCUT2D eigenvalue weighted by Gasteiger charge is 2.21. The van der Waals surface area contributed by atoms with Crippen LogP contribution in [0.5, 0.6) is 0 Å². The molecule has 0 bridgehead atoms. The van der Waals surface area contributed by atoms with Gasteiger partial charge in [-0.15, -0.1) is 0 Å². The normalized spacial score (nSPS) is 14.6. The molecule has 4 heteroatoms. The van der Waals surface area contributed by atoms with E-state index in [1.807, 2.05) is 12.1 Å². The van der Waals surface area contributed by atoms with E-state index in [4.69, 9.17) is 5.73 Å². The van der Waals surface area contributed by atoms with Gasteiger partial charge in [0.2, 0.25) is 5.91 Å². The van der Waals surface area contributed by atoms with Crippen LogP contribution in [0.4, 0.5) is 5.69 Å². The number of ketones is 1. The van der Waals surface area contributed by atoms with Crippen LogP contribution in [0.2, 0.25) is 0 Å². The van der Waals surface area contributed by atoms with Gasteiger partial charge in [0.25, 0.3) is 0 Å². The van der Waals surface area contributed by atoms with Crippen LogP contribution < -0.4 is 10.6 Å². The number of hydrogen-bond acceptors (Lipinski definition) is 3. The van der Waals surface area contributed by atoms with Crippen LogP contribution in [0.1, 0.15) is 35.2 Å². The summed E-state index contributed by atoms with van der Waals surface area (Å²) < 4.78 is 0. The van der Waals surface area contributed by atoms with Crippen molar-refractivity contribution in [2.24, 2.45) is 5.73 Å². The molecule has 1 heterocycles. The molecule has 1 aromatic carbocycles. The number of hydrogen-bond donors (Lipinski definition) is 1. The number of nitrogens with zero attached hydrogens (tertiary/aromatic N) is 1. The zero-order valence-corrected chi connectivity index (χ0v) is 10.6. The van der Waals surface area contributed by atoms with Crippen molar-refractivity contribution >= 4 is 17.4 Å². The number of carbonyl (C=O) groups is 2. The second-order valence-electron chi connectivity index (χ2n) is 4.61. The molecule has 0 spiro atoms. The topological polar surface area (TPSA) is 63.4 Å². The Morgan fingerprint density at radius 2 is 2.17 bits per heavy atom. The molecule has 2 rings (SSSR count). The summed E-state index contributed by atoms with van der Waals surface area (Å²) in [6.45, 7) is 0.536. The van der Waals surface area contributed by atoms with E-state index in [0.717, 1.165) is 23.2 Å². The quantitative estimate of drug-likeness (QED) is 0.819. The Morgan fingerprint density at radius 3 is 2.89 bits per heavy atom. The summed E-state index contributed by atoms with van der Waals surface area (Å²) >= 11 is 0. The molecule has 0 atom stereocenters. The van der Waals surface area contributed by atoms with Crippen molar-refractivity contribution in [1.82, 2.24) is 0 Å². The molecule has 0 saturated heterocycles. The molecule has 1 aliphatic rings. The van der Waals surface area contributed by atoms with Crippen LogP contribution in [-0.2, 0) is 11.2 Å². The lowest BCUT2D eigenvalue weighted by molar-refractivity contribution is -0.118. The van der Waals surface area contributed by atoms with Crippen LogP contribution in [0.15, 0.2) is 18.2 Å². The van der Waals surface area contributed by atoms with Gasteiger partial charge >= 0.3 is 0 Å². The molecule has 1 amide bonds. The standard InChI is InChI=1S/C14H18N2O2/c1-16-12-6-4-11(13(17)3-2-8-15)9-10(12)5-7-14(16)18/h4,6,9H,2-3,5,7-8,15H2,1H3. The van der Waals surface area contributed by atoms with Gasteiger partial charge in [0, 0.05) is 31.1 Å². The summed E-state index contributed by atoms with van der Waals surface area (Å²) in [7, 11) is 1.77. The van der Waals surface area contributed by atoms with Crippen molar-refractivity contribution in [3.8, 4) is 0 Å². The summed E-state index contributed by atoms with van der Waals surface area (Å²) in [5.74, 6) is 0.257. The zero-order chi connectivity index (χ0) is 13.1. The number of Topliss-reactive ketones (excluding diaryl/α,β-unsaturated/α-hetero) is 1. The summed E-state index contributed by atoms with van der Waals surface area (Å²) in [5.41, 5.74) is 8.13. The molecule has 96 valence electrons. The minimum Gasteiger partial charge on any atom is -0.330 e. The molecular formula is C14H18N2O2. The third kappa shape index (κ3) is 2.43. The molecule has 0 fully saturated rings. The van der Waals surface area contributed by atoms with Crippen LogP contribution in [0.3, 0.4) is 0 Å². The number of anilines is 1. The van der Waals surface area contributed by atoms with Crippen LogP contribution in [0.25, 0.3) is 0 Å². The fraction of sp³-hybridized carbons (Fsp3) is 0.429. The molecule has 2 N–H and O–H groups in total. The smallest absolute Gasteiger partial charge is 0.227 e. The Hall–Kier alpha value is -1.68. The lowest BCUT2D eigenvalue weighted by Gasteiger charge is -2.26. The predicted molar refractivity (Wildman–Crippen MR) is 70.8 cm³/mol. The molecule has 1 aliphatic heterocycles.